The van der Waals surface area contributed by atoms with Crippen molar-refractivity contribution < 1.29 is 22.4 Å². The molecule has 0 radical (unpaired) electrons. The molecule has 2 N–H and O–H groups in total. The molecule has 0 aromatic heterocycles. The largest absolute Gasteiger partial charge is 0.395 e. The number of benzene rings is 1. The van der Waals surface area contributed by atoms with Gasteiger partial charge in [-0.15, -0.1) is 0 Å². The van der Waals surface area contributed by atoms with Crippen LogP contribution in [0.1, 0.15) is 48.0 Å². The van der Waals surface area contributed by atoms with Crippen LogP contribution in [0, 0.1) is 11.2 Å². The summed E-state index contributed by atoms with van der Waals surface area (Å²) in [6.07, 6.45) is -1.68. The molecule has 0 spiro atoms. The third kappa shape index (κ3) is 3.27. The number of halogens is 4. The Morgan fingerprint density at radius 3 is 2.38 bits per heavy atom. The lowest BCUT2D eigenvalue weighted by Crippen LogP contribution is -2.52. The van der Waals surface area contributed by atoms with E-state index in [-0.39, 0.29) is 37.5 Å². The van der Waals surface area contributed by atoms with Crippen molar-refractivity contribution in [3.63, 3.8) is 0 Å². The zero-order valence-corrected chi connectivity index (χ0v) is 13.2. The van der Waals surface area contributed by atoms with Crippen LogP contribution >= 0.6 is 0 Å². The SMILES string of the molecule is NC(=O)c1ccc(CN(CC2(C(F)(F)F)CCC2)C2CC2)c(F)c1. The summed E-state index contributed by atoms with van der Waals surface area (Å²) < 4.78 is 54.4. The van der Waals surface area contributed by atoms with Gasteiger partial charge in [0.15, 0.2) is 0 Å². The van der Waals surface area contributed by atoms with E-state index in [1.54, 1.807) is 4.90 Å². The first kappa shape index (κ1) is 17.2. The van der Waals surface area contributed by atoms with Crippen molar-refractivity contribution >= 4 is 5.91 Å². The first-order chi connectivity index (χ1) is 11.2. The third-order valence-electron chi connectivity index (χ3n) is 5.19. The number of amides is 1. The number of primary amides is 1. The third-order valence-corrected chi connectivity index (χ3v) is 5.19. The van der Waals surface area contributed by atoms with E-state index in [1.165, 1.54) is 12.1 Å². The van der Waals surface area contributed by atoms with Gasteiger partial charge >= 0.3 is 6.18 Å². The van der Waals surface area contributed by atoms with Gasteiger partial charge in [0.1, 0.15) is 5.82 Å². The number of nitrogens with zero attached hydrogens (tertiary/aromatic N) is 1. The summed E-state index contributed by atoms with van der Waals surface area (Å²) in [5.74, 6) is -1.34. The van der Waals surface area contributed by atoms with E-state index in [9.17, 15) is 22.4 Å². The number of hydrogen-bond donors (Lipinski definition) is 1. The molecule has 0 atom stereocenters. The molecule has 2 saturated carbocycles. The van der Waals surface area contributed by atoms with Crippen LogP contribution in [0.2, 0.25) is 0 Å². The van der Waals surface area contributed by atoms with Gasteiger partial charge in [0.05, 0.1) is 5.41 Å². The van der Waals surface area contributed by atoms with Gasteiger partial charge in [-0.1, -0.05) is 12.5 Å². The van der Waals surface area contributed by atoms with Crippen LogP contribution < -0.4 is 5.73 Å². The highest BCUT2D eigenvalue weighted by Gasteiger charge is 2.59. The fourth-order valence-electron chi connectivity index (χ4n) is 3.32. The molecule has 0 saturated heterocycles. The Balaban J connectivity index is 1.77. The number of alkyl halides is 3. The van der Waals surface area contributed by atoms with Crippen LogP contribution in [0.15, 0.2) is 18.2 Å². The molecule has 24 heavy (non-hydrogen) atoms. The van der Waals surface area contributed by atoms with Crippen molar-refractivity contribution in [2.24, 2.45) is 11.1 Å². The summed E-state index contributed by atoms with van der Waals surface area (Å²) in [5.41, 5.74) is 3.80. The van der Waals surface area contributed by atoms with Crippen LogP contribution in [0.5, 0.6) is 0 Å². The van der Waals surface area contributed by atoms with Gasteiger partial charge in [0, 0.05) is 30.3 Å². The Morgan fingerprint density at radius 1 is 1.29 bits per heavy atom. The Bertz CT molecular complexity index is 636. The fourth-order valence-corrected chi connectivity index (χ4v) is 3.32. The molecule has 0 aliphatic heterocycles. The van der Waals surface area contributed by atoms with Crippen molar-refractivity contribution in [3.05, 3.63) is 35.1 Å². The lowest BCUT2D eigenvalue weighted by molar-refractivity contribution is -0.256. The van der Waals surface area contributed by atoms with Gasteiger partial charge in [-0.05, 0) is 37.8 Å². The van der Waals surface area contributed by atoms with E-state index >= 15 is 0 Å². The Morgan fingerprint density at radius 2 is 1.96 bits per heavy atom. The summed E-state index contributed by atoms with van der Waals surface area (Å²) in [6.45, 7) is 0.0333. The van der Waals surface area contributed by atoms with Gasteiger partial charge in [-0.2, -0.15) is 13.2 Å². The lowest BCUT2D eigenvalue weighted by atomic mass is 9.67. The summed E-state index contributed by atoms with van der Waals surface area (Å²) in [4.78, 5) is 12.8. The van der Waals surface area contributed by atoms with Crippen LogP contribution in [0.25, 0.3) is 0 Å². The second-order valence-electron chi connectivity index (χ2n) is 6.94. The molecule has 0 heterocycles. The van der Waals surface area contributed by atoms with E-state index in [2.05, 4.69) is 0 Å². The molecule has 2 aliphatic carbocycles. The molecule has 2 fully saturated rings. The fraction of sp³-hybridized carbons (Fsp3) is 0.588. The van der Waals surface area contributed by atoms with Crippen LogP contribution in [-0.2, 0) is 6.54 Å². The van der Waals surface area contributed by atoms with Crippen molar-refractivity contribution in [1.29, 1.82) is 0 Å². The predicted octanol–water partition coefficient (Wildman–Crippen LogP) is 3.62. The maximum Gasteiger partial charge on any atom is 0.395 e. The molecule has 2 aliphatic rings. The minimum Gasteiger partial charge on any atom is -0.366 e. The Hall–Kier alpha value is -1.63. The van der Waals surface area contributed by atoms with Crippen molar-refractivity contribution in [1.82, 2.24) is 4.90 Å². The van der Waals surface area contributed by atoms with Gasteiger partial charge in [-0.3, -0.25) is 9.69 Å². The van der Waals surface area contributed by atoms with E-state index < -0.39 is 23.3 Å². The van der Waals surface area contributed by atoms with E-state index in [4.69, 9.17) is 5.73 Å². The number of carbonyl (C=O) groups excluding carboxylic acids is 1. The number of rotatable bonds is 6. The highest BCUT2D eigenvalue weighted by atomic mass is 19.4. The topological polar surface area (TPSA) is 46.3 Å². The van der Waals surface area contributed by atoms with E-state index in [1.807, 2.05) is 0 Å². The molecule has 0 bridgehead atoms. The molecule has 0 unspecified atom stereocenters. The lowest BCUT2D eigenvalue weighted by Gasteiger charge is -2.46. The molecule has 1 aromatic rings. The van der Waals surface area contributed by atoms with Gasteiger partial charge < -0.3 is 5.73 Å². The summed E-state index contributed by atoms with van der Waals surface area (Å²) >= 11 is 0. The second-order valence-corrected chi connectivity index (χ2v) is 6.94. The predicted molar refractivity (Wildman–Crippen MR) is 80.7 cm³/mol. The van der Waals surface area contributed by atoms with Crippen LogP contribution in [0.3, 0.4) is 0 Å². The first-order valence-electron chi connectivity index (χ1n) is 8.11. The maximum absolute atomic E-state index is 14.2. The molecule has 1 aromatic carbocycles. The average molecular weight is 344 g/mol. The molecule has 1 amide bonds. The number of nitrogens with two attached hydrogens (primary N) is 1. The Kier molecular flexibility index (Phi) is 4.32. The van der Waals surface area contributed by atoms with Crippen molar-refractivity contribution in [2.45, 2.75) is 50.9 Å². The van der Waals surface area contributed by atoms with Crippen molar-refractivity contribution in [3.8, 4) is 0 Å². The second kappa shape index (κ2) is 6.02. The first-order valence-corrected chi connectivity index (χ1v) is 8.11. The summed E-state index contributed by atoms with van der Waals surface area (Å²) in [5, 5.41) is 0. The van der Waals surface area contributed by atoms with Gasteiger partial charge in [0.2, 0.25) is 5.91 Å². The highest BCUT2D eigenvalue weighted by molar-refractivity contribution is 5.92. The monoisotopic (exact) mass is 344 g/mol. The van der Waals surface area contributed by atoms with Crippen molar-refractivity contribution in [2.75, 3.05) is 6.54 Å². The summed E-state index contributed by atoms with van der Waals surface area (Å²) in [7, 11) is 0. The quantitative estimate of drug-likeness (QED) is 0.801. The number of hydrogen-bond acceptors (Lipinski definition) is 2. The standard InChI is InChI=1S/C17H20F4N2O/c18-14-8-11(15(22)24)2-3-12(14)9-23(13-4-5-13)10-16(6-1-7-16)17(19,20)21/h2-3,8,13H,1,4-7,9-10H2,(H2,22,24). The minimum atomic E-state index is -4.23. The van der Waals surface area contributed by atoms with E-state index in [0.29, 0.717) is 12.0 Å². The highest BCUT2D eigenvalue weighted by Crippen LogP contribution is 2.54. The summed E-state index contributed by atoms with van der Waals surface area (Å²) in [6, 6.07) is 3.98. The molecular weight excluding hydrogens is 324 g/mol. The average Bonchev–Trinajstić information content (AvgIpc) is 3.25. The minimum absolute atomic E-state index is 0.0555. The molecule has 3 nitrogen and oxygen atoms in total. The van der Waals surface area contributed by atoms with Gasteiger partial charge in [0.25, 0.3) is 0 Å². The van der Waals surface area contributed by atoms with Gasteiger partial charge in [-0.25, -0.2) is 4.39 Å². The normalized spacial score (nSPS) is 20.0. The zero-order valence-electron chi connectivity index (χ0n) is 13.2. The molecule has 7 heteroatoms. The zero-order chi connectivity index (χ0) is 17.5. The smallest absolute Gasteiger partial charge is 0.366 e. The molecule has 3 rings (SSSR count). The van der Waals surface area contributed by atoms with Crippen LogP contribution in [0.4, 0.5) is 17.6 Å². The van der Waals surface area contributed by atoms with E-state index in [0.717, 1.165) is 18.9 Å². The van der Waals surface area contributed by atoms with Crippen LogP contribution in [-0.4, -0.2) is 29.6 Å². The number of carbonyl (C=O) groups is 1. The molecule has 132 valence electrons. The maximum atomic E-state index is 14.2. The Labute approximate surface area is 137 Å². The molecular formula is C17H20F4N2O.